The zero-order chi connectivity index (χ0) is 25.7. The fraction of sp³-hybridized carbons (Fsp3) is 0.600. The fourth-order valence-electron chi connectivity index (χ4n) is 6.12. The maximum atomic E-state index is 13.1. The standard InChI is InChI=1S/C30H42N2O4/c1-5-6-10-28(33)32(25-9-7-8-16-31-29(25)34)20-21-11-14-26(27(18-21)35-4)36-17-15-22-12-13-23-19-24(22)30(23,2)3/h5,11-12,14,18,23-25H,1,6-10,13,15-17,19-20H2,2-4H3,(H,31,34)/t23-,24-,25-/m0/s1. The molecule has 1 aromatic carbocycles. The van der Waals surface area contributed by atoms with Gasteiger partial charge in [0, 0.05) is 25.9 Å². The Morgan fingerprint density at radius 2 is 2.11 bits per heavy atom. The van der Waals surface area contributed by atoms with Crippen molar-refractivity contribution in [2.75, 3.05) is 20.3 Å². The highest BCUT2D eigenvalue weighted by Crippen LogP contribution is 2.59. The smallest absolute Gasteiger partial charge is 0.242 e. The third-order valence-corrected chi connectivity index (χ3v) is 8.58. The first-order chi connectivity index (χ1) is 17.3. The number of hydrogen-bond acceptors (Lipinski definition) is 4. The van der Waals surface area contributed by atoms with Gasteiger partial charge in [0.2, 0.25) is 11.8 Å². The summed E-state index contributed by atoms with van der Waals surface area (Å²) in [6, 6.07) is 5.37. The second kappa shape index (κ2) is 11.5. The zero-order valence-electron chi connectivity index (χ0n) is 22.2. The van der Waals surface area contributed by atoms with Crippen molar-refractivity contribution in [3.8, 4) is 11.5 Å². The molecule has 36 heavy (non-hydrogen) atoms. The van der Waals surface area contributed by atoms with Gasteiger partial charge in [0.25, 0.3) is 0 Å². The molecule has 6 heteroatoms. The number of nitrogens with one attached hydrogen (secondary N) is 1. The topological polar surface area (TPSA) is 67.9 Å². The molecule has 3 atom stereocenters. The zero-order valence-corrected chi connectivity index (χ0v) is 22.2. The first-order valence-corrected chi connectivity index (χ1v) is 13.5. The van der Waals surface area contributed by atoms with Crippen LogP contribution in [0, 0.1) is 17.3 Å². The van der Waals surface area contributed by atoms with Gasteiger partial charge in [-0.15, -0.1) is 6.58 Å². The van der Waals surface area contributed by atoms with Gasteiger partial charge in [-0.25, -0.2) is 0 Å². The van der Waals surface area contributed by atoms with E-state index in [1.165, 1.54) is 18.4 Å². The van der Waals surface area contributed by atoms with Crippen LogP contribution in [0.4, 0.5) is 0 Å². The lowest BCUT2D eigenvalue weighted by Crippen LogP contribution is -2.48. The van der Waals surface area contributed by atoms with Crippen LogP contribution in [0.1, 0.15) is 70.8 Å². The lowest BCUT2D eigenvalue weighted by Gasteiger charge is -2.56. The molecular formula is C30H42N2O4. The van der Waals surface area contributed by atoms with Crippen molar-refractivity contribution in [2.45, 2.75) is 77.8 Å². The Balaban J connectivity index is 1.42. The van der Waals surface area contributed by atoms with E-state index < -0.39 is 6.04 Å². The second-order valence-electron chi connectivity index (χ2n) is 11.1. The molecule has 6 nitrogen and oxygen atoms in total. The van der Waals surface area contributed by atoms with E-state index in [2.05, 4.69) is 31.8 Å². The van der Waals surface area contributed by atoms with E-state index in [0.29, 0.717) is 61.8 Å². The maximum absolute atomic E-state index is 13.1. The maximum Gasteiger partial charge on any atom is 0.242 e. The lowest BCUT2D eigenvalue weighted by molar-refractivity contribution is -0.141. The van der Waals surface area contributed by atoms with Gasteiger partial charge in [-0.3, -0.25) is 9.59 Å². The van der Waals surface area contributed by atoms with Crippen LogP contribution >= 0.6 is 0 Å². The number of ether oxygens (including phenoxy) is 2. The molecule has 1 heterocycles. The van der Waals surface area contributed by atoms with Crippen molar-refractivity contribution >= 4 is 11.8 Å². The number of nitrogens with zero attached hydrogens (tertiary/aromatic N) is 1. The number of methoxy groups -OCH3 is 1. The Bertz CT molecular complexity index is 999. The summed E-state index contributed by atoms with van der Waals surface area (Å²) in [5.41, 5.74) is 2.88. The normalized spacial score (nSPS) is 24.5. The Hall–Kier alpha value is -2.76. The van der Waals surface area contributed by atoms with Crippen LogP contribution in [-0.4, -0.2) is 43.0 Å². The van der Waals surface area contributed by atoms with E-state index in [0.717, 1.165) is 30.7 Å². The molecule has 0 radical (unpaired) electrons. The highest BCUT2D eigenvalue weighted by Gasteiger charge is 2.50. The van der Waals surface area contributed by atoms with E-state index >= 15 is 0 Å². The minimum Gasteiger partial charge on any atom is -0.493 e. The minimum absolute atomic E-state index is 0.0295. The molecule has 5 rings (SSSR count). The molecule has 3 aliphatic carbocycles. The third kappa shape index (κ3) is 5.63. The van der Waals surface area contributed by atoms with Crippen molar-refractivity contribution in [3.63, 3.8) is 0 Å². The number of hydrogen-bond donors (Lipinski definition) is 1. The van der Waals surface area contributed by atoms with Crippen molar-refractivity contribution in [1.29, 1.82) is 0 Å². The van der Waals surface area contributed by atoms with Crippen molar-refractivity contribution in [3.05, 3.63) is 48.1 Å². The molecule has 2 bridgehead atoms. The minimum atomic E-state index is -0.453. The Morgan fingerprint density at radius 3 is 2.83 bits per heavy atom. The van der Waals surface area contributed by atoms with Gasteiger partial charge in [0.1, 0.15) is 6.04 Å². The summed E-state index contributed by atoms with van der Waals surface area (Å²) < 4.78 is 11.8. The van der Waals surface area contributed by atoms with E-state index in [1.54, 1.807) is 18.1 Å². The predicted octanol–water partition coefficient (Wildman–Crippen LogP) is 5.42. The summed E-state index contributed by atoms with van der Waals surface area (Å²) in [7, 11) is 1.64. The summed E-state index contributed by atoms with van der Waals surface area (Å²) in [5.74, 6) is 2.79. The molecular weight excluding hydrogens is 452 g/mol. The molecule has 0 aromatic heterocycles. The predicted molar refractivity (Wildman–Crippen MR) is 142 cm³/mol. The van der Waals surface area contributed by atoms with Gasteiger partial charge in [0.05, 0.1) is 13.7 Å². The Kier molecular flexibility index (Phi) is 8.43. The lowest BCUT2D eigenvalue weighted by atomic mass is 9.48. The molecule has 2 amide bonds. The SMILES string of the molecule is C=CCCC(=O)N(Cc1ccc(OCCC2=CC[C@H]3C[C@@H]2C3(C)C)c(OC)c1)[C@H]1CCCCNC1=O. The van der Waals surface area contributed by atoms with Gasteiger partial charge in [0.15, 0.2) is 11.5 Å². The van der Waals surface area contributed by atoms with E-state index in [1.807, 2.05) is 18.2 Å². The van der Waals surface area contributed by atoms with Crippen molar-refractivity contribution in [2.24, 2.45) is 17.3 Å². The highest BCUT2D eigenvalue weighted by atomic mass is 16.5. The van der Waals surface area contributed by atoms with Crippen LogP contribution in [0.2, 0.25) is 0 Å². The molecule has 196 valence electrons. The fourth-order valence-corrected chi connectivity index (χ4v) is 6.12. The number of allylic oxidation sites excluding steroid dienone is 2. The van der Waals surface area contributed by atoms with Crippen molar-refractivity contribution in [1.82, 2.24) is 10.2 Å². The van der Waals surface area contributed by atoms with Crippen LogP contribution in [-0.2, 0) is 16.1 Å². The summed E-state index contributed by atoms with van der Waals surface area (Å²) >= 11 is 0. The molecule has 1 aromatic rings. The van der Waals surface area contributed by atoms with E-state index in [4.69, 9.17) is 9.47 Å². The largest absolute Gasteiger partial charge is 0.493 e. The highest BCUT2D eigenvalue weighted by molar-refractivity contribution is 5.87. The van der Waals surface area contributed by atoms with Gasteiger partial charge >= 0.3 is 0 Å². The summed E-state index contributed by atoms with van der Waals surface area (Å²) in [6.07, 6.45) is 11.1. The third-order valence-electron chi connectivity index (χ3n) is 8.58. The van der Waals surface area contributed by atoms with Gasteiger partial charge in [-0.05, 0) is 73.5 Å². The number of carbonyl (C=O) groups is 2. The van der Waals surface area contributed by atoms with Crippen molar-refractivity contribution < 1.29 is 19.1 Å². The number of fused-ring (bicyclic) bond motifs is 1. The Morgan fingerprint density at radius 1 is 1.28 bits per heavy atom. The quantitative estimate of drug-likeness (QED) is 0.417. The summed E-state index contributed by atoms with van der Waals surface area (Å²) in [5, 5.41) is 2.96. The summed E-state index contributed by atoms with van der Waals surface area (Å²) in [6.45, 7) is 10.2. The average Bonchev–Trinajstić information content (AvgIpc) is 3.10. The second-order valence-corrected chi connectivity index (χ2v) is 11.1. The average molecular weight is 495 g/mol. The summed E-state index contributed by atoms with van der Waals surface area (Å²) in [4.78, 5) is 27.6. The Labute approximate surface area is 216 Å². The first-order valence-electron chi connectivity index (χ1n) is 13.5. The number of rotatable bonds is 11. The molecule has 1 saturated carbocycles. The molecule has 2 fully saturated rings. The molecule has 0 unspecified atom stereocenters. The number of benzene rings is 1. The van der Waals surface area contributed by atoms with Gasteiger partial charge in [-0.2, -0.15) is 0 Å². The molecule has 4 aliphatic rings. The van der Waals surface area contributed by atoms with Crippen LogP contribution < -0.4 is 14.8 Å². The number of amides is 2. The van der Waals surface area contributed by atoms with Crippen LogP contribution in [0.3, 0.4) is 0 Å². The molecule has 1 aliphatic heterocycles. The van der Waals surface area contributed by atoms with Gasteiger partial charge < -0.3 is 19.7 Å². The molecule has 0 spiro atoms. The monoisotopic (exact) mass is 494 g/mol. The first kappa shape index (κ1) is 26.3. The van der Waals surface area contributed by atoms with E-state index in [9.17, 15) is 9.59 Å². The number of carbonyl (C=O) groups excluding carboxylic acids is 2. The molecule has 1 N–H and O–H groups in total. The van der Waals surface area contributed by atoms with Crippen LogP contribution in [0.15, 0.2) is 42.5 Å². The van der Waals surface area contributed by atoms with Gasteiger partial charge in [-0.1, -0.05) is 37.6 Å². The molecule has 1 saturated heterocycles. The van der Waals surface area contributed by atoms with Crippen LogP contribution in [0.25, 0.3) is 0 Å². The van der Waals surface area contributed by atoms with E-state index in [-0.39, 0.29) is 11.8 Å². The van der Waals surface area contributed by atoms with Crippen LogP contribution in [0.5, 0.6) is 11.5 Å².